The van der Waals surface area contributed by atoms with Crippen LogP contribution in [0.3, 0.4) is 0 Å². The third-order valence-electron chi connectivity index (χ3n) is 6.88. The lowest BCUT2D eigenvalue weighted by molar-refractivity contribution is -0.384. The van der Waals surface area contributed by atoms with Crippen LogP contribution < -0.4 is 4.90 Å². The van der Waals surface area contributed by atoms with Crippen molar-refractivity contribution in [3.05, 3.63) is 28.3 Å². The summed E-state index contributed by atoms with van der Waals surface area (Å²) in [5.74, 6) is 0.160. The molecule has 1 amide bonds. The summed E-state index contributed by atoms with van der Waals surface area (Å²) in [6.07, 6.45) is 6.10. The average molecular weight is 480 g/mol. The summed E-state index contributed by atoms with van der Waals surface area (Å²) in [5.41, 5.74) is 0.239. The van der Waals surface area contributed by atoms with Crippen LogP contribution in [0.25, 0.3) is 0 Å². The van der Waals surface area contributed by atoms with Crippen LogP contribution in [-0.4, -0.2) is 92.3 Å². The van der Waals surface area contributed by atoms with Crippen LogP contribution >= 0.6 is 0 Å². The fraction of sp³-hybridized carbons (Fsp3) is 0.682. The number of hydrogen-bond donors (Lipinski definition) is 0. The van der Waals surface area contributed by atoms with Gasteiger partial charge in [-0.25, -0.2) is 8.42 Å². The number of hydrogen-bond acceptors (Lipinski definition) is 7. The predicted octanol–water partition coefficient (Wildman–Crippen LogP) is 1.90. The van der Waals surface area contributed by atoms with Crippen LogP contribution in [0.4, 0.5) is 11.4 Å². The number of nitro benzene ring substituents is 1. The zero-order chi connectivity index (χ0) is 23.4. The van der Waals surface area contributed by atoms with Crippen LogP contribution in [0.15, 0.2) is 23.1 Å². The number of likely N-dealkylation sites (tertiary alicyclic amines) is 1. The van der Waals surface area contributed by atoms with E-state index in [1.807, 2.05) is 9.80 Å². The maximum absolute atomic E-state index is 12.8. The number of carbonyl (C=O) groups is 1. The Morgan fingerprint density at radius 1 is 0.879 bits per heavy atom. The molecule has 3 saturated heterocycles. The number of rotatable bonds is 6. The second-order valence-corrected chi connectivity index (χ2v) is 11.0. The van der Waals surface area contributed by atoms with Crippen molar-refractivity contribution in [1.29, 1.82) is 0 Å². The minimum absolute atomic E-state index is 0.0264. The second kappa shape index (κ2) is 10.4. The molecule has 3 aliphatic rings. The fourth-order valence-corrected chi connectivity index (χ4v) is 6.45. The Morgan fingerprint density at radius 3 is 2.09 bits per heavy atom. The molecule has 0 aromatic heterocycles. The van der Waals surface area contributed by atoms with E-state index in [1.165, 1.54) is 29.3 Å². The van der Waals surface area contributed by atoms with E-state index in [0.717, 1.165) is 38.8 Å². The highest BCUT2D eigenvalue weighted by atomic mass is 32.2. The average Bonchev–Trinajstić information content (AvgIpc) is 3.23. The van der Waals surface area contributed by atoms with Crippen LogP contribution in [0, 0.1) is 10.1 Å². The predicted molar refractivity (Wildman–Crippen MR) is 125 cm³/mol. The van der Waals surface area contributed by atoms with Gasteiger partial charge in [0.1, 0.15) is 5.69 Å². The Bertz CT molecular complexity index is 963. The molecule has 1 aromatic rings. The van der Waals surface area contributed by atoms with Crippen molar-refractivity contribution < 1.29 is 18.1 Å². The molecule has 0 saturated carbocycles. The lowest BCUT2D eigenvalue weighted by atomic mass is 10.2. The topological polar surface area (TPSA) is 107 Å². The molecule has 1 aromatic carbocycles. The van der Waals surface area contributed by atoms with Gasteiger partial charge in [-0.3, -0.25) is 19.8 Å². The first-order valence-corrected chi connectivity index (χ1v) is 13.3. The lowest BCUT2D eigenvalue weighted by Gasteiger charge is -2.36. The second-order valence-electron chi connectivity index (χ2n) is 9.08. The molecule has 3 aliphatic heterocycles. The summed E-state index contributed by atoms with van der Waals surface area (Å²) in [5, 5.41) is 11.8. The summed E-state index contributed by atoms with van der Waals surface area (Å²) in [6, 6.07) is 4.22. The minimum Gasteiger partial charge on any atom is -0.363 e. The molecule has 33 heavy (non-hydrogen) atoms. The minimum atomic E-state index is -3.72. The Labute approximate surface area is 195 Å². The van der Waals surface area contributed by atoms with E-state index < -0.39 is 14.9 Å². The van der Waals surface area contributed by atoms with Crippen LogP contribution in [0.5, 0.6) is 0 Å². The molecule has 11 heteroatoms. The molecule has 10 nitrogen and oxygen atoms in total. The zero-order valence-corrected chi connectivity index (χ0v) is 19.8. The van der Waals surface area contributed by atoms with Gasteiger partial charge in [0.2, 0.25) is 15.9 Å². The third kappa shape index (κ3) is 5.47. The highest BCUT2D eigenvalue weighted by molar-refractivity contribution is 7.89. The maximum Gasteiger partial charge on any atom is 0.293 e. The van der Waals surface area contributed by atoms with E-state index in [9.17, 15) is 23.3 Å². The number of nitrogens with zero attached hydrogens (tertiary/aromatic N) is 5. The van der Waals surface area contributed by atoms with E-state index in [4.69, 9.17) is 0 Å². The largest absolute Gasteiger partial charge is 0.363 e. The standard InChI is InChI=1S/C22H33N5O5S/c28-22(25-9-3-1-2-4-10-25)18-23-13-15-24(16-14-23)20-8-7-19(17-21(20)27(29)30)33(31,32)26-11-5-6-12-26/h7-8,17H,1-6,9-16,18H2. The van der Waals surface area contributed by atoms with Crippen molar-refractivity contribution in [1.82, 2.24) is 14.1 Å². The van der Waals surface area contributed by atoms with Crippen LogP contribution in [0.1, 0.15) is 38.5 Å². The van der Waals surface area contributed by atoms with Gasteiger partial charge in [0.05, 0.1) is 16.4 Å². The van der Waals surface area contributed by atoms with Crippen LogP contribution in [0.2, 0.25) is 0 Å². The molecule has 0 atom stereocenters. The van der Waals surface area contributed by atoms with Crippen molar-refractivity contribution in [3.8, 4) is 0 Å². The molecule has 0 bridgehead atoms. The Balaban J connectivity index is 1.41. The molecular weight excluding hydrogens is 446 g/mol. The monoisotopic (exact) mass is 479 g/mol. The molecule has 3 fully saturated rings. The summed E-state index contributed by atoms with van der Waals surface area (Å²) >= 11 is 0. The van der Waals surface area contributed by atoms with Gasteiger partial charge in [-0.15, -0.1) is 0 Å². The summed E-state index contributed by atoms with van der Waals surface area (Å²) < 4.78 is 27.1. The van der Waals surface area contributed by atoms with Crippen LogP contribution in [-0.2, 0) is 14.8 Å². The number of piperazine rings is 1. The quantitative estimate of drug-likeness (QED) is 0.453. The number of benzene rings is 1. The van der Waals surface area contributed by atoms with Gasteiger partial charge in [-0.1, -0.05) is 12.8 Å². The highest BCUT2D eigenvalue weighted by Crippen LogP contribution is 2.33. The molecule has 0 aliphatic carbocycles. The van der Waals surface area contributed by atoms with Gasteiger partial charge < -0.3 is 9.80 Å². The molecule has 4 rings (SSSR count). The van der Waals surface area contributed by atoms with E-state index in [1.54, 1.807) is 6.07 Å². The summed E-state index contributed by atoms with van der Waals surface area (Å²) in [4.78, 5) is 29.9. The highest BCUT2D eigenvalue weighted by Gasteiger charge is 2.31. The lowest BCUT2D eigenvalue weighted by Crippen LogP contribution is -2.50. The third-order valence-corrected chi connectivity index (χ3v) is 8.77. The van der Waals surface area contributed by atoms with E-state index in [2.05, 4.69) is 4.90 Å². The van der Waals surface area contributed by atoms with Gasteiger partial charge in [0, 0.05) is 58.4 Å². The Kier molecular flexibility index (Phi) is 7.50. The van der Waals surface area contributed by atoms with E-state index in [0.29, 0.717) is 51.5 Å². The molecule has 3 heterocycles. The number of nitro groups is 1. The molecular formula is C22H33N5O5S. The number of anilines is 1. The first-order chi connectivity index (χ1) is 15.9. The van der Waals surface area contributed by atoms with Gasteiger partial charge in [-0.05, 0) is 37.8 Å². The van der Waals surface area contributed by atoms with Gasteiger partial charge in [-0.2, -0.15) is 4.31 Å². The Hall–Kier alpha value is -2.24. The Morgan fingerprint density at radius 2 is 1.48 bits per heavy atom. The SMILES string of the molecule is O=C(CN1CCN(c2ccc(S(=O)(=O)N3CCCC3)cc2[N+](=O)[O-])CC1)N1CCCCCC1. The molecule has 0 N–H and O–H groups in total. The number of amides is 1. The molecule has 0 spiro atoms. The first-order valence-electron chi connectivity index (χ1n) is 11.9. The zero-order valence-electron chi connectivity index (χ0n) is 19.0. The van der Waals surface area contributed by atoms with Crippen molar-refractivity contribution in [3.63, 3.8) is 0 Å². The maximum atomic E-state index is 12.8. The first kappa shape index (κ1) is 23.9. The summed E-state index contributed by atoms with van der Waals surface area (Å²) in [6.45, 7) is 5.30. The van der Waals surface area contributed by atoms with E-state index in [-0.39, 0.29) is 16.5 Å². The van der Waals surface area contributed by atoms with Gasteiger partial charge in [0.25, 0.3) is 5.69 Å². The van der Waals surface area contributed by atoms with Crippen molar-refractivity contribution >= 4 is 27.3 Å². The normalized spacial score (nSPS) is 21.2. The van der Waals surface area contributed by atoms with Gasteiger partial charge >= 0.3 is 0 Å². The van der Waals surface area contributed by atoms with Crippen molar-refractivity contribution in [2.75, 3.05) is 63.8 Å². The molecule has 182 valence electrons. The van der Waals surface area contributed by atoms with Crippen molar-refractivity contribution in [2.45, 2.75) is 43.4 Å². The van der Waals surface area contributed by atoms with Crippen molar-refractivity contribution in [2.24, 2.45) is 0 Å². The number of sulfonamides is 1. The van der Waals surface area contributed by atoms with Gasteiger partial charge in [0.15, 0.2) is 0 Å². The smallest absolute Gasteiger partial charge is 0.293 e. The summed E-state index contributed by atoms with van der Waals surface area (Å²) in [7, 11) is -3.72. The van der Waals surface area contributed by atoms with E-state index >= 15 is 0 Å². The molecule has 0 unspecified atom stereocenters. The number of carbonyl (C=O) groups excluding carboxylic acids is 1. The fourth-order valence-electron chi connectivity index (χ4n) is 4.91. The molecule has 0 radical (unpaired) electrons.